The minimum atomic E-state index is -3.69. The SMILES string of the molecule is C[C@@H](OC(=O)c1cc(F)cc(F)c1)C(=O)Nc1cccc(S(=O)(=O)N(C)C)c1. The first-order valence-electron chi connectivity index (χ1n) is 8.01. The molecule has 10 heteroatoms. The topological polar surface area (TPSA) is 92.8 Å². The van der Waals surface area contributed by atoms with E-state index < -0.39 is 39.6 Å². The van der Waals surface area contributed by atoms with Crippen LogP contribution >= 0.6 is 0 Å². The summed E-state index contributed by atoms with van der Waals surface area (Å²) in [6, 6.07) is 7.69. The summed E-state index contributed by atoms with van der Waals surface area (Å²) in [5.74, 6) is -3.74. The lowest BCUT2D eigenvalue weighted by atomic mass is 10.2. The van der Waals surface area contributed by atoms with Crippen LogP contribution in [0.2, 0.25) is 0 Å². The number of rotatable bonds is 6. The van der Waals surface area contributed by atoms with E-state index in [1.54, 1.807) is 0 Å². The molecule has 0 aliphatic heterocycles. The molecular weight excluding hydrogens is 394 g/mol. The van der Waals surface area contributed by atoms with Crippen molar-refractivity contribution in [2.45, 2.75) is 17.9 Å². The summed E-state index contributed by atoms with van der Waals surface area (Å²) in [6.07, 6.45) is -1.30. The predicted octanol–water partition coefficient (Wildman–Crippen LogP) is 2.40. The zero-order valence-corrected chi connectivity index (χ0v) is 16.1. The summed E-state index contributed by atoms with van der Waals surface area (Å²) < 4.78 is 56.6. The molecule has 0 saturated heterocycles. The lowest BCUT2D eigenvalue weighted by Crippen LogP contribution is -2.30. The normalized spacial score (nSPS) is 12.5. The summed E-state index contributed by atoms with van der Waals surface area (Å²) >= 11 is 0. The van der Waals surface area contributed by atoms with E-state index in [0.717, 1.165) is 16.4 Å². The molecular formula is C18H18F2N2O5S. The van der Waals surface area contributed by atoms with Crippen molar-refractivity contribution >= 4 is 27.6 Å². The minimum absolute atomic E-state index is 0.0322. The molecule has 2 aromatic rings. The van der Waals surface area contributed by atoms with Crippen LogP contribution in [0.5, 0.6) is 0 Å². The monoisotopic (exact) mass is 412 g/mol. The molecule has 0 aliphatic carbocycles. The maximum absolute atomic E-state index is 13.2. The van der Waals surface area contributed by atoms with E-state index in [0.29, 0.717) is 6.07 Å². The number of halogens is 2. The van der Waals surface area contributed by atoms with Gasteiger partial charge in [0, 0.05) is 25.8 Å². The predicted molar refractivity (Wildman–Crippen MR) is 97.2 cm³/mol. The van der Waals surface area contributed by atoms with Crippen LogP contribution < -0.4 is 5.32 Å². The smallest absolute Gasteiger partial charge is 0.339 e. The summed E-state index contributed by atoms with van der Waals surface area (Å²) in [5.41, 5.74) is -0.205. The van der Waals surface area contributed by atoms with Crippen molar-refractivity contribution in [2.24, 2.45) is 0 Å². The van der Waals surface area contributed by atoms with Gasteiger partial charge in [-0.1, -0.05) is 6.07 Å². The molecule has 0 fully saturated rings. The van der Waals surface area contributed by atoms with Crippen molar-refractivity contribution < 1.29 is 31.5 Å². The Balaban J connectivity index is 2.09. The van der Waals surface area contributed by atoms with E-state index in [2.05, 4.69) is 5.32 Å². The number of ether oxygens (including phenoxy) is 1. The highest BCUT2D eigenvalue weighted by Crippen LogP contribution is 2.18. The van der Waals surface area contributed by atoms with Gasteiger partial charge in [0.1, 0.15) is 11.6 Å². The van der Waals surface area contributed by atoms with Gasteiger partial charge >= 0.3 is 5.97 Å². The molecule has 1 N–H and O–H groups in total. The number of amides is 1. The van der Waals surface area contributed by atoms with Gasteiger partial charge in [-0.15, -0.1) is 0 Å². The average molecular weight is 412 g/mol. The van der Waals surface area contributed by atoms with Gasteiger partial charge in [-0.2, -0.15) is 0 Å². The number of nitrogens with one attached hydrogen (secondary N) is 1. The van der Waals surface area contributed by atoms with Crippen LogP contribution in [0.3, 0.4) is 0 Å². The van der Waals surface area contributed by atoms with Crippen molar-refractivity contribution in [1.82, 2.24) is 4.31 Å². The van der Waals surface area contributed by atoms with Gasteiger partial charge in [0.2, 0.25) is 10.0 Å². The van der Waals surface area contributed by atoms with Gasteiger partial charge in [-0.3, -0.25) is 4.79 Å². The third-order valence-corrected chi connectivity index (χ3v) is 5.44. The number of carbonyl (C=O) groups is 2. The highest BCUT2D eigenvalue weighted by atomic mass is 32.2. The molecule has 0 bridgehead atoms. The van der Waals surface area contributed by atoms with Crippen LogP contribution in [0, 0.1) is 11.6 Å². The Kier molecular flexibility index (Phi) is 6.47. The van der Waals surface area contributed by atoms with Crippen LogP contribution in [-0.4, -0.2) is 44.8 Å². The summed E-state index contributed by atoms with van der Waals surface area (Å²) in [7, 11) is -0.948. The van der Waals surface area contributed by atoms with E-state index in [1.807, 2.05) is 0 Å². The van der Waals surface area contributed by atoms with Crippen LogP contribution in [0.25, 0.3) is 0 Å². The third-order valence-electron chi connectivity index (χ3n) is 3.63. The first-order chi connectivity index (χ1) is 13.0. The van der Waals surface area contributed by atoms with Crippen LogP contribution in [0.15, 0.2) is 47.4 Å². The second-order valence-electron chi connectivity index (χ2n) is 6.01. The molecule has 28 heavy (non-hydrogen) atoms. The standard InChI is InChI=1S/C18H18F2N2O5S/c1-11(27-18(24)12-7-13(19)9-14(20)8-12)17(23)21-15-5-4-6-16(10-15)28(25,26)22(2)3/h4-11H,1-3H3,(H,21,23)/t11-/m1/s1. The van der Waals surface area contributed by atoms with Crippen LogP contribution in [0.4, 0.5) is 14.5 Å². The van der Waals surface area contributed by atoms with E-state index >= 15 is 0 Å². The van der Waals surface area contributed by atoms with Gasteiger partial charge in [0.15, 0.2) is 6.10 Å². The van der Waals surface area contributed by atoms with E-state index in [-0.39, 0.29) is 16.1 Å². The zero-order valence-electron chi connectivity index (χ0n) is 15.3. The van der Waals surface area contributed by atoms with Crippen molar-refractivity contribution in [2.75, 3.05) is 19.4 Å². The lowest BCUT2D eigenvalue weighted by Gasteiger charge is -2.15. The van der Waals surface area contributed by atoms with Gasteiger partial charge in [-0.25, -0.2) is 26.3 Å². The van der Waals surface area contributed by atoms with Gasteiger partial charge < -0.3 is 10.1 Å². The Morgan fingerprint density at radius 1 is 1.07 bits per heavy atom. The summed E-state index contributed by atoms with van der Waals surface area (Å²) in [4.78, 5) is 24.1. The Morgan fingerprint density at radius 3 is 2.25 bits per heavy atom. The second kappa shape index (κ2) is 8.44. The summed E-state index contributed by atoms with van der Waals surface area (Å²) in [6.45, 7) is 1.27. The Hall–Kier alpha value is -2.85. The van der Waals surface area contributed by atoms with E-state index in [4.69, 9.17) is 4.74 Å². The number of sulfonamides is 1. The maximum Gasteiger partial charge on any atom is 0.339 e. The molecule has 0 radical (unpaired) electrons. The largest absolute Gasteiger partial charge is 0.449 e. The number of hydrogen-bond donors (Lipinski definition) is 1. The molecule has 0 saturated carbocycles. The van der Waals surface area contributed by atoms with E-state index in [1.165, 1.54) is 45.3 Å². The zero-order chi connectivity index (χ0) is 21.1. The Labute approximate surface area is 161 Å². The first kappa shape index (κ1) is 21.5. The fraction of sp³-hybridized carbons (Fsp3) is 0.222. The van der Waals surface area contributed by atoms with Crippen molar-refractivity contribution in [3.05, 3.63) is 59.7 Å². The third kappa shape index (κ3) is 5.11. The molecule has 2 aromatic carbocycles. The Bertz CT molecular complexity index is 989. The fourth-order valence-corrected chi connectivity index (χ4v) is 3.09. The van der Waals surface area contributed by atoms with Crippen molar-refractivity contribution in [3.63, 3.8) is 0 Å². The van der Waals surface area contributed by atoms with E-state index in [9.17, 15) is 26.8 Å². The highest BCUT2D eigenvalue weighted by molar-refractivity contribution is 7.89. The number of hydrogen-bond acceptors (Lipinski definition) is 5. The molecule has 1 atom stereocenters. The lowest BCUT2D eigenvalue weighted by molar-refractivity contribution is -0.123. The molecule has 0 aliphatic rings. The number of esters is 1. The van der Waals surface area contributed by atoms with Crippen molar-refractivity contribution in [3.8, 4) is 0 Å². The molecule has 0 unspecified atom stereocenters. The maximum atomic E-state index is 13.2. The summed E-state index contributed by atoms with van der Waals surface area (Å²) in [5, 5.41) is 2.43. The quantitative estimate of drug-likeness (QED) is 0.736. The second-order valence-corrected chi connectivity index (χ2v) is 8.16. The molecule has 0 spiro atoms. The Morgan fingerprint density at radius 2 is 1.68 bits per heavy atom. The molecule has 7 nitrogen and oxygen atoms in total. The minimum Gasteiger partial charge on any atom is -0.449 e. The molecule has 1 amide bonds. The fourth-order valence-electron chi connectivity index (χ4n) is 2.14. The van der Waals surface area contributed by atoms with Gasteiger partial charge in [-0.05, 0) is 37.3 Å². The van der Waals surface area contributed by atoms with Crippen molar-refractivity contribution in [1.29, 1.82) is 0 Å². The average Bonchev–Trinajstić information content (AvgIpc) is 2.60. The van der Waals surface area contributed by atoms with Gasteiger partial charge in [0.25, 0.3) is 5.91 Å². The number of anilines is 1. The van der Waals surface area contributed by atoms with Crippen LogP contribution in [-0.2, 0) is 19.6 Å². The molecule has 0 heterocycles. The number of benzene rings is 2. The molecule has 2 rings (SSSR count). The van der Waals surface area contributed by atoms with Gasteiger partial charge in [0.05, 0.1) is 10.5 Å². The van der Waals surface area contributed by atoms with Crippen LogP contribution in [0.1, 0.15) is 17.3 Å². The molecule has 150 valence electrons. The first-order valence-corrected chi connectivity index (χ1v) is 9.45. The highest BCUT2D eigenvalue weighted by Gasteiger charge is 2.21. The molecule has 0 aromatic heterocycles. The number of nitrogens with zero attached hydrogens (tertiary/aromatic N) is 1. The number of carbonyl (C=O) groups excluding carboxylic acids is 2.